The molecule has 1 N–H and O–H groups in total. The minimum Gasteiger partial charge on any atom is -0.465 e. The quantitative estimate of drug-likeness (QED) is 0.660. The molecule has 0 saturated heterocycles. The predicted molar refractivity (Wildman–Crippen MR) is 101 cm³/mol. The molecule has 26 heavy (non-hydrogen) atoms. The summed E-state index contributed by atoms with van der Waals surface area (Å²) in [6.45, 7) is -0.0242. The van der Waals surface area contributed by atoms with E-state index in [1.807, 2.05) is 17.5 Å². The fourth-order valence-electron chi connectivity index (χ4n) is 1.95. The number of hydrogen-bond acceptors (Lipinski definition) is 7. The lowest BCUT2D eigenvalue weighted by Crippen LogP contribution is -2.28. The fraction of sp³-hybridized carbons (Fsp3) is 0.278. The largest absolute Gasteiger partial charge is 0.465 e. The average molecular weight is 393 g/mol. The molecule has 1 heterocycles. The SMILES string of the molecule is COC(=O)c1ccc(CNC(=O)COC(=O)CSCc2cccs2)cc1. The summed E-state index contributed by atoms with van der Waals surface area (Å²) < 4.78 is 9.57. The molecule has 0 atom stereocenters. The summed E-state index contributed by atoms with van der Waals surface area (Å²) in [7, 11) is 1.32. The lowest BCUT2D eigenvalue weighted by molar-refractivity contribution is -0.145. The van der Waals surface area contributed by atoms with Gasteiger partial charge in [-0.1, -0.05) is 18.2 Å². The molecule has 1 aromatic heterocycles. The molecule has 2 rings (SSSR count). The Morgan fingerprint density at radius 2 is 1.92 bits per heavy atom. The molecule has 0 aliphatic carbocycles. The van der Waals surface area contributed by atoms with Gasteiger partial charge in [0.1, 0.15) is 0 Å². The third-order valence-corrected chi connectivity index (χ3v) is 5.29. The molecule has 1 aromatic carbocycles. The molecule has 0 aliphatic heterocycles. The minimum atomic E-state index is -0.413. The fourth-order valence-corrected chi connectivity index (χ4v) is 3.61. The van der Waals surface area contributed by atoms with Gasteiger partial charge in [-0.25, -0.2) is 4.79 Å². The normalized spacial score (nSPS) is 10.2. The third-order valence-electron chi connectivity index (χ3n) is 3.27. The van der Waals surface area contributed by atoms with Gasteiger partial charge in [-0.05, 0) is 29.1 Å². The van der Waals surface area contributed by atoms with Crippen LogP contribution in [-0.4, -0.2) is 37.3 Å². The molecule has 2 aromatic rings. The van der Waals surface area contributed by atoms with Crippen LogP contribution >= 0.6 is 23.1 Å². The summed E-state index contributed by atoms with van der Waals surface area (Å²) in [6, 6.07) is 10.7. The summed E-state index contributed by atoms with van der Waals surface area (Å²) in [4.78, 5) is 35.9. The van der Waals surface area contributed by atoms with Crippen molar-refractivity contribution in [3.05, 3.63) is 57.8 Å². The van der Waals surface area contributed by atoms with Crippen molar-refractivity contribution >= 4 is 40.9 Å². The maximum atomic E-state index is 11.7. The van der Waals surface area contributed by atoms with Crippen LogP contribution in [-0.2, 0) is 31.4 Å². The van der Waals surface area contributed by atoms with Crippen molar-refractivity contribution in [1.82, 2.24) is 5.32 Å². The van der Waals surface area contributed by atoms with Crippen LogP contribution in [0.2, 0.25) is 0 Å². The Bertz CT molecular complexity index is 729. The number of hydrogen-bond donors (Lipinski definition) is 1. The highest BCUT2D eigenvalue weighted by Gasteiger charge is 2.09. The van der Waals surface area contributed by atoms with E-state index in [1.54, 1.807) is 35.6 Å². The second kappa shape index (κ2) is 10.6. The molecule has 0 saturated carbocycles. The topological polar surface area (TPSA) is 81.7 Å². The third kappa shape index (κ3) is 6.89. The summed E-state index contributed by atoms with van der Waals surface area (Å²) in [6.07, 6.45) is 0. The number of thiophene rings is 1. The second-order valence-corrected chi connectivity index (χ2v) is 7.22. The predicted octanol–water partition coefficient (Wildman–Crippen LogP) is 2.63. The van der Waals surface area contributed by atoms with Gasteiger partial charge in [0.15, 0.2) is 6.61 Å². The number of carbonyl (C=O) groups is 3. The number of rotatable bonds is 9. The zero-order valence-corrected chi connectivity index (χ0v) is 15.9. The zero-order valence-electron chi connectivity index (χ0n) is 14.2. The van der Waals surface area contributed by atoms with Crippen LogP contribution in [0.4, 0.5) is 0 Å². The number of amides is 1. The van der Waals surface area contributed by atoms with Gasteiger partial charge in [0.2, 0.25) is 0 Å². The van der Waals surface area contributed by atoms with Crippen molar-refractivity contribution in [3.8, 4) is 0 Å². The molecular formula is C18H19NO5S2. The van der Waals surface area contributed by atoms with Crippen molar-refractivity contribution in [2.24, 2.45) is 0 Å². The zero-order chi connectivity index (χ0) is 18.8. The van der Waals surface area contributed by atoms with Gasteiger partial charge in [0, 0.05) is 17.2 Å². The molecule has 0 aliphatic rings. The maximum absolute atomic E-state index is 11.7. The van der Waals surface area contributed by atoms with Crippen LogP contribution in [0.3, 0.4) is 0 Å². The number of ether oxygens (including phenoxy) is 2. The summed E-state index contributed by atoms with van der Waals surface area (Å²) in [5.74, 6) is -0.243. The van der Waals surface area contributed by atoms with Crippen molar-refractivity contribution in [2.75, 3.05) is 19.5 Å². The van der Waals surface area contributed by atoms with E-state index < -0.39 is 11.9 Å². The Labute approximate surface area is 159 Å². The van der Waals surface area contributed by atoms with Gasteiger partial charge in [0.05, 0.1) is 18.4 Å². The van der Waals surface area contributed by atoms with E-state index in [0.29, 0.717) is 5.56 Å². The Morgan fingerprint density at radius 3 is 2.58 bits per heavy atom. The highest BCUT2D eigenvalue weighted by Crippen LogP contribution is 2.16. The highest BCUT2D eigenvalue weighted by molar-refractivity contribution is 7.99. The first-order valence-corrected chi connectivity index (χ1v) is 9.81. The van der Waals surface area contributed by atoms with Gasteiger partial charge < -0.3 is 14.8 Å². The lowest BCUT2D eigenvalue weighted by Gasteiger charge is -2.07. The molecule has 0 radical (unpaired) electrons. The van der Waals surface area contributed by atoms with Crippen molar-refractivity contribution in [2.45, 2.75) is 12.3 Å². The number of nitrogens with one attached hydrogen (secondary N) is 1. The first-order valence-electron chi connectivity index (χ1n) is 7.78. The monoisotopic (exact) mass is 393 g/mol. The van der Waals surface area contributed by atoms with Gasteiger partial charge in [-0.15, -0.1) is 23.1 Å². The number of methoxy groups -OCH3 is 1. The molecule has 8 heteroatoms. The molecule has 0 unspecified atom stereocenters. The Morgan fingerprint density at radius 1 is 1.15 bits per heavy atom. The molecule has 0 spiro atoms. The van der Waals surface area contributed by atoms with Crippen molar-refractivity contribution < 1.29 is 23.9 Å². The summed E-state index contributed by atoms with van der Waals surface area (Å²) >= 11 is 3.09. The first kappa shape index (κ1) is 20.0. The van der Waals surface area contributed by atoms with Gasteiger partial charge in [-0.3, -0.25) is 9.59 Å². The first-order chi connectivity index (χ1) is 12.6. The van der Waals surface area contributed by atoms with Gasteiger partial charge in [-0.2, -0.15) is 0 Å². The summed E-state index contributed by atoms with van der Waals surface area (Å²) in [5, 5.41) is 4.65. The Kier molecular flexibility index (Phi) is 8.17. The van der Waals surface area contributed by atoms with Crippen LogP contribution in [0.15, 0.2) is 41.8 Å². The number of carbonyl (C=O) groups excluding carboxylic acids is 3. The van der Waals surface area contributed by atoms with Crippen molar-refractivity contribution in [1.29, 1.82) is 0 Å². The molecule has 1 amide bonds. The van der Waals surface area contributed by atoms with E-state index in [9.17, 15) is 14.4 Å². The van der Waals surface area contributed by atoms with E-state index in [0.717, 1.165) is 11.3 Å². The number of thioether (sulfide) groups is 1. The molecule has 6 nitrogen and oxygen atoms in total. The molecule has 0 fully saturated rings. The van der Waals surface area contributed by atoms with E-state index in [1.165, 1.54) is 23.7 Å². The maximum Gasteiger partial charge on any atom is 0.337 e. The Hall–Kier alpha value is -2.32. The smallest absolute Gasteiger partial charge is 0.337 e. The van der Waals surface area contributed by atoms with Gasteiger partial charge in [0.25, 0.3) is 5.91 Å². The standard InChI is InChI=1S/C18H19NO5S2/c1-23-18(22)14-6-4-13(5-7-14)9-19-16(20)10-24-17(21)12-25-11-15-3-2-8-26-15/h2-8H,9-12H2,1H3,(H,19,20). The molecule has 0 bridgehead atoms. The van der Waals surface area contributed by atoms with Crippen LogP contribution < -0.4 is 5.32 Å². The van der Waals surface area contributed by atoms with E-state index >= 15 is 0 Å². The molecular weight excluding hydrogens is 374 g/mol. The van der Waals surface area contributed by atoms with Crippen LogP contribution in [0.5, 0.6) is 0 Å². The van der Waals surface area contributed by atoms with E-state index in [4.69, 9.17) is 4.74 Å². The average Bonchev–Trinajstić information content (AvgIpc) is 3.18. The van der Waals surface area contributed by atoms with Gasteiger partial charge >= 0.3 is 11.9 Å². The minimum absolute atomic E-state index is 0.209. The van der Waals surface area contributed by atoms with Crippen molar-refractivity contribution in [3.63, 3.8) is 0 Å². The Balaban J connectivity index is 1.62. The second-order valence-electron chi connectivity index (χ2n) is 5.20. The number of benzene rings is 1. The van der Waals surface area contributed by atoms with Crippen LogP contribution in [0.25, 0.3) is 0 Å². The molecule has 138 valence electrons. The lowest BCUT2D eigenvalue weighted by atomic mass is 10.1. The van der Waals surface area contributed by atoms with E-state index in [-0.39, 0.29) is 24.8 Å². The van der Waals surface area contributed by atoms with Crippen LogP contribution in [0.1, 0.15) is 20.8 Å². The van der Waals surface area contributed by atoms with Crippen LogP contribution in [0, 0.1) is 0 Å². The number of esters is 2. The summed E-state index contributed by atoms with van der Waals surface area (Å²) in [5.41, 5.74) is 1.26. The highest BCUT2D eigenvalue weighted by atomic mass is 32.2. The van der Waals surface area contributed by atoms with E-state index in [2.05, 4.69) is 10.1 Å².